The Bertz CT molecular complexity index is 1020. The smallest absolute Gasteiger partial charge is 0.186 e. The molecule has 0 spiro atoms. The molecule has 1 aromatic heterocycles. The van der Waals surface area contributed by atoms with Crippen LogP contribution in [0.1, 0.15) is 60.6 Å². The summed E-state index contributed by atoms with van der Waals surface area (Å²) in [7, 11) is 0. The summed E-state index contributed by atoms with van der Waals surface area (Å²) in [6.07, 6.45) is 6.19. The summed E-state index contributed by atoms with van der Waals surface area (Å²) in [5, 5.41) is 1.79. The molecular formula is C25H28ClN3S. The summed E-state index contributed by atoms with van der Waals surface area (Å²) in [6.45, 7) is 7.03. The van der Waals surface area contributed by atoms with Crippen molar-refractivity contribution in [2.45, 2.75) is 46.5 Å². The Morgan fingerprint density at radius 2 is 1.97 bits per heavy atom. The second kappa shape index (κ2) is 11.2. The minimum Gasteiger partial charge on any atom is -0.286 e. The molecule has 0 amide bonds. The van der Waals surface area contributed by atoms with E-state index in [1.54, 1.807) is 0 Å². The first-order valence-corrected chi connectivity index (χ1v) is 11.6. The van der Waals surface area contributed by atoms with Crippen molar-refractivity contribution in [1.29, 1.82) is 0 Å². The Balaban J connectivity index is 1.67. The fourth-order valence-electron chi connectivity index (χ4n) is 3.26. The molecule has 0 unspecified atom stereocenters. The molecule has 3 nitrogen and oxygen atoms in total. The minimum absolute atomic E-state index is 0.709. The number of hydrogen-bond acceptors (Lipinski definition) is 4. The van der Waals surface area contributed by atoms with Crippen molar-refractivity contribution >= 4 is 34.4 Å². The highest BCUT2D eigenvalue weighted by molar-refractivity contribution is 7.05. The molecule has 2 aromatic carbocycles. The van der Waals surface area contributed by atoms with Crippen LogP contribution in [0.5, 0.6) is 0 Å². The van der Waals surface area contributed by atoms with Gasteiger partial charge in [0.2, 0.25) is 0 Å². The van der Waals surface area contributed by atoms with Crippen molar-refractivity contribution in [2.24, 2.45) is 4.99 Å². The van der Waals surface area contributed by atoms with Gasteiger partial charge in [-0.25, -0.2) is 4.98 Å². The number of unbranched alkanes of at least 4 members (excludes halogenated alkanes) is 1. The maximum atomic E-state index is 6.25. The molecule has 0 aliphatic heterocycles. The van der Waals surface area contributed by atoms with E-state index in [4.69, 9.17) is 16.6 Å². The predicted octanol–water partition coefficient (Wildman–Crippen LogP) is 7.17. The van der Waals surface area contributed by atoms with Gasteiger partial charge in [0.05, 0.1) is 5.71 Å². The van der Waals surface area contributed by atoms with E-state index in [0.29, 0.717) is 6.54 Å². The third-order valence-electron chi connectivity index (χ3n) is 4.94. The Morgan fingerprint density at radius 1 is 1.17 bits per heavy atom. The van der Waals surface area contributed by atoms with Crippen LogP contribution < -0.4 is 0 Å². The van der Waals surface area contributed by atoms with Gasteiger partial charge in [-0.3, -0.25) is 4.99 Å². The predicted molar refractivity (Wildman–Crippen MR) is 130 cm³/mol. The molecule has 156 valence electrons. The van der Waals surface area contributed by atoms with Gasteiger partial charge < -0.3 is 0 Å². The molecule has 30 heavy (non-hydrogen) atoms. The van der Waals surface area contributed by atoms with Crippen LogP contribution in [0.4, 0.5) is 0 Å². The first kappa shape index (κ1) is 22.4. The zero-order chi connectivity index (χ0) is 21.3. The number of benzene rings is 2. The summed E-state index contributed by atoms with van der Waals surface area (Å²) in [5.41, 5.74) is 5.92. The van der Waals surface area contributed by atoms with Crippen molar-refractivity contribution in [3.05, 3.63) is 87.2 Å². The molecule has 0 saturated carbocycles. The van der Waals surface area contributed by atoms with E-state index in [0.717, 1.165) is 47.2 Å². The van der Waals surface area contributed by atoms with E-state index in [2.05, 4.69) is 65.7 Å². The Kier molecular flexibility index (Phi) is 8.35. The molecule has 0 aliphatic rings. The molecular weight excluding hydrogens is 410 g/mol. The van der Waals surface area contributed by atoms with Gasteiger partial charge in [0.1, 0.15) is 5.01 Å². The Hall–Kier alpha value is -2.30. The lowest BCUT2D eigenvalue weighted by Crippen LogP contribution is -2.01. The van der Waals surface area contributed by atoms with Crippen LogP contribution in [-0.4, -0.2) is 21.6 Å². The van der Waals surface area contributed by atoms with Crippen LogP contribution in [0, 0.1) is 6.92 Å². The van der Waals surface area contributed by atoms with Gasteiger partial charge in [0.15, 0.2) is 5.82 Å². The van der Waals surface area contributed by atoms with Crippen molar-refractivity contribution in [2.75, 3.05) is 6.54 Å². The number of aromatic nitrogens is 2. The van der Waals surface area contributed by atoms with Crippen molar-refractivity contribution in [3.8, 4) is 0 Å². The lowest BCUT2D eigenvalue weighted by molar-refractivity contribution is 0.944. The molecule has 0 aliphatic carbocycles. The molecule has 3 aromatic rings. The van der Waals surface area contributed by atoms with Gasteiger partial charge in [0, 0.05) is 18.0 Å². The van der Waals surface area contributed by atoms with Gasteiger partial charge in [0.25, 0.3) is 0 Å². The molecule has 3 rings (SSSR count). The number of aliphatic imine (C=N–C) groups is 1. The Labute approximate surface area is 188 Å². The van der Waals surface area contributed by atoms with Crippen LogP contribution >= 0.6 is 23.1 Å². The maximum absolute atomic E-state index is 6.25. The van der Waals surface area contributed by atoms with Gasteiger partial charge in [-0.2, -0.15) is 4.37 Å². The number of halogens is 1. The van der Waals surface area contributed by atoms with Crippen molar-refractivity contribution in [3.63, 3.8) is 0 Å². The molecule has 0 bridgehead atoms. The maximum Gasteiger partial charge on any atom is 0.186 e. The zero-order valence-electron chi connectivity index (χ0n) is 17.9. The van der Waals surface area contributed by atoms with Gasteiger partial charge in [-0.05, 0) is 72.6 Å². The first-order chi connectivity index (χ1) is 14.6. The number of allylic oxidation sites excluding steroid dienone is 1. The summed E-state index contributed by atoms with van der Waals surface area (Å²) in [4.78, 5) is 9.45. The summed E-state index contributed by atoms with van der Waals surface area (Å²) < 4.78 is 4.51. The van der Waals surface area contributed by atoms with E-state index in [1.807, 2.05) is 19.1 Å². The number of aryl methyl sites for hydroxylation is 1. The normalized spacial score (nSPS) is 12.4. The van der Waals surface area contributed by atoms with E-state index in [-0.39, 0.29) is 0 Å². The lowest BCUT2D eigenvalue weighted by Gasteiger charge is -2.11. The monoisotopic (exact) mass is 437 g/mol. The summed E-state index contributed by atoms with van der Waals surface area (Å²) in [6, 6.07) is 16.5. The van der Waals surface area contributed by atoms with E-state index < -0.39 is 0 Å². The van der Waals surface area contributed by atoms with E-state index in [1.165, 1.54) is 33.8 Å². The third-order valence-corrected chi connectivity index (χ3v) is 5.89. The van der Waals surface area contributed by atoms with Crippen LogP contribution in [0.25, 0.3) is 5.57 Å². The number of rotatable bonds is 9. The first-order valence-electron chi connectivity index (χ1n) is 10.4. The molecule has 0 radical (unpaired) electrons. The third kappa shape index (κ3) is 6.35. The van der Waals surface area contributed by atoms with Crippen LogP contribution in [0.2, 0.25) is 5.02 Å². The van der Waals surface area contributed by atoms with Gasteiger partial charge >= 0.3 is 0 Å². The SMILES string of the molecule is CCCC=C(CCN=C(C)c1nsc(Cc2ccccc2)n1)c1cc(Cl)ccc1C. The van der Waals surface area contributed by atoms with Gasteiger partial charge in [-0.1, -0.05) is 67.4 Å². The van der Waals surface area contributed by atoms with Crippen LogP contribution in [0.15, 0.2) is 59.6 Å². The fraction of sp³-hybridized carbons (Fsp3) is 0.320. The van der Waals surface area contributed by atoms with Crippen molar-refractivity contribution < 1.29 is 0 Å². The highest BCUT2D eigenvalue weighted by atomic mass is 35.5. The molecule has 0 saturated heterocycles. The molecule has 0 N–H and O–H groups in total. The number of hydrogen-bond donors (Lipinski definition) is 0. The lowest BCUT2D eigenvalue weighted by atomic mass is 9.97. The molecule has 0 atom stereocenters. The largest absolute Gasteiger partial charge is 0.286 e. The van der Waals surface area contributed by atoms with Gasteiger partial charge in [-0.15, -0.1) is 0 Å². The van der Waals surface area contributed by atoms with E-state index in [9.17, 15) is 0 Å². The average Bonchev–Trinajstić information content (AvgIpc) is 3.21. The van der Waals surface area contributed by atoms with Crippen LogP contribution in [-0.2, 0) is 6.42 Å². The molecule has 5 heteroatoms. The summed E-state index contributed by atoms with van der Waals surface area (Å²) >= 11 is 7.71. The fourth-order valence-corrected chi connectivity index (χ4v) is 4.16. The van der Waals surface area contributed by atoms with Crippen LogP contribution in [0.3, 0.4) is 0 Å². The minimum atomic E-state index is 0.709. The van der Waals surface area contributed by atoms with Crippen molar-refractivity contribution in [1.82, 2.24) is 9.36 Å². The second-order valence-corrected chi connectivity index (χ2v) is 8.64. The quantitative estimate of drug-likeness (QED) is 0.332. The Morgan fingerprint density at radius 3 is 2.73 bits per heavy atom. The highest BCUT2D eigenvalue weighted by Gasteiger charge is 2.09. The summed E-state index contributed by atoms with van der Waals surface area (Å²) in [5.74, 6) is 0.740. The standard InChI is InChI=1S/C25H28ClN3S/c1-4-5-11-21(23-17-22(26)13-12-18(23)2)14-15-27-19(3)25-28-24(30-29-25)16-20-9-7-6-8-10-20/h6-13,17H,4-5,14-16H2,1-3H3. The average molecular weight is 438 g/mol. The second-order valence-electron chi connectivity index (χ2n) is 7.37. The topological polar surface area (TPSA) is 38.1 Å². The molecule has 1 heterocycles. The number of nitrogens with zero attached hydrogens (tertiary/aromatic N) is 3. The zero-order valence-corrected chi connectivity index (χ0v) is 19.4. The highest BCUT2D eigenvalue weighted by Crippen LogP contribution is 2.26. The molecule has 0 fully saturated rings. The van der Waals surface area contributed by atoms with E-state index >= 15 is 0 Å².